The third kappa shape index (κ3) is 4.73. The molecule has 0 radical (unpaired) electrons. The van der Waals surface area contributed by atoms with E-state index in [-0.39, 0.29) is 0 Å². The van der Waals surface area contributed by atoms with Crippen LogP contribution in [0.2, 0.25) is 0 Å². The molecule has 1 atom stereocenters. The van der Waals surface area contributed by atoms with E-state index in [1.54, 1.807) is 6.20 Å². The quantitative estimate of drug-likeness (QED) is 0.420. The van der Waals surface area contributed by atoms with Crippen molar-refractivity contribution < 1.29 is 9.90 Å². The predicted molar refractivity (Wildman–Crippen MR) is 132 cm³/mol. The zero-order valence-electron chi connectivity index (χ0n) is 18.6. The Morgan fingerprint density at radius 1 is 1.03 bits per heavy atom. The van der Waals surface area contributed by atoms with Crippen LogP contribution in [0.1, 0.15) is 17.5 Å². The van der Waals surface area contributed by atoms with Crippen LogP contribution in [0.4, 0.5) is 17.5 Å². The Morgan fingerprint density at radius 2 is 1.79 bits per heavy atom. The average Bonchev–Trinajstić information content (AvgIpc) is 2.89. The number of pyridine rings is 1. The van der Waals surface area contributed by atoms with Crippen molar-refractivity contribution in [1.29, 1.82) is 0 Å². The van der Waals surface area contributed by atoms with Crippen LogP contribution in [-0.4, -0.2) is 38.6 Å². The number of nitrogens with zero attached hydrogens (tertiary/aromatic N) is 4. The summed E-state index contributed by atoms with van der Waals surface area (Å²) in [5.41, 5.74) is 5.15. The van der Waals surface area contributed by atoms with E-state index in [9.17, 15) is 9.90 Å². The summed E-state index contributed by atoms with van der Waals surface area (Å²) in [6, 6.07) is 22.8. The van der Waals surface area contributed by atoms with Gasteiger partial charge in [0.1, 0.15) is 11.9 Å². The molecule has 4 aromatic rings. The summed E-state index contributed by atoms with van der Waals surface area (Å²) in [5.74, 6) is 0.0811. The van der Waals surface area contributed by atoms with Crippen molar-refractivity contribution in [2.75, 3.05) is 16.8 Å². The van der Waals surface area contributed by atoms with Crippen LogP contribution in [0.5, 0.6) is 0 Å². The number of hydrogen-bond acceptors (Lipinski definition) is 6. The van der Waals surface area contributed by atoms with Gasteiger partial charge in [0.15, 0.2) is 0 Å². The van der Waals surface area contributed by atoms with Gasteiger partial charge in [-0.2, -0.15) is 4.98 Å². The Balaban J connectivity index is 1.42. The van der Waals surface area contributed by atoms with Crippen LogP contribution in [0.25, 0.3) is 11.3 Å². The first kappa shape index (κ1) is 21.6. The molecular formula is C27H25N5O2. The number of aryl methyl sites for hydroxylation is 1. The summed E-state index contributed by atoms with van der Waals surface area (Å²) in [6.07, 6.45) is 5.90. The zero-order chi connectivity index (χ0) is 23.3. The van der Waals surface area contributed by atoms with Gasteiger partial charge in [-0.3, -0.25) is 4.98 Å². The molecule has 2 aromatic heterocycles. The summed E-state index contributed by atoms with van der Waals surface area (Å²) in [7, 11) is 0. The Labute approximate surface area is 198 Å². The van der Waals surface area contributed by atoms with Crippen LogP contribution in [0, 0.1) is 0 Å². The molecular weight excluding hydrogens is 426 g/mol. The van der Waals surface area contributed by atoms with Crippen LogP contribution >= 0.6 is 0 Å². The molecule has 0 aliphatic carbocycles. The third-order valence-electron chi connectivity index (χ3n) is 5.95. The molecule has 0 fully saturated rings. The second-order valence-corrected chi connectivity index (χ2v) is 8.28. The average molecular weight is 452 g/mol. The standard InChI is InChI=1S/C27H25N5O2/c33-26(34)23(16-19-8-3-1-4-9-19)30-27-28-14-13-25(31-27)32-15-7-12-21-18-29-22(17-24(21)32)20-10-5-2-6-11-20/h1-6,8-11,13-14,17-18,23H,7,12,15-16H2,(H,33,34)(H,28,30,31)/t23-/m1/s1. The maximum atomic E-state index is 11.9. The smallest absolute Gasteiger partial charge is 0.326 e. The van der Waals surface area contributed by atoms with Crippen LogP contribution in [0.3, 0.4) is 0 Å². The topological polar surface area (TPSA) is 91.2 Å². The van der Waals surface area contributed by atoms with Crippen molar-refractivity contribution >= 4 is 23.4 Å². The van der Waals surface area contributed by atoms with Gasteiger partial charge in [0, 0.05) is 36.6 Å². The molecule has 1 aliphatic rings. The molecule has 2 aromatic carbocycles. The first-order valence-corrected chi connectivity index (χ1v) is 11.4. The Kier molecular flexibility index (Phi) is 6.16. The lowest BCUT2D eigenvalue weighted by Crippen LogP contribution is -2.32. The van der Waals surface area contributed by atoms with Crippen molar-refractivity contribution in [2.45, 2.75) is 25.3 Å². The fourth-order valence-corrected chi connectivity index (χ4v) is 4.24. The zero-order valence-corrected chi connectivity index (χ0v) is 18.6. The van der Waals surface area contributed by atoms with E-state index in [0.717, 1.165) is 47.7 Å². The SMILES string of the molecule is O=C(O)[C@@H](Cc1ccccc1)Nc1nccc(N2CCCc3cnc(-c4ccccc4)cc32)n1. The summed E-state index contributed by atoms with van der Waals surface area (Å²) >= 11 is 0. The van der Waals surface area contributed by atoms with E-state index in [1.807, 2.05) is 72.9 Å². The van der Waals surface area contributed by atoms with Crippen LogP contribution in [0.15, 0.2) is 85.2 Å². The van der Waals surface area contributed by atoms with Crippen LogP contribution < -0.4 is 10.2 Å². The van der Waals surface area contributed by atoms with Gasteiger partial charge in [-0.15, -0.1) is 0 Å². The van der Waals surface area contributed by atoms with Crippen molar-refractivity contribution in [1.82, 2.24) is 15.0 Å². The van der Waals surface area contributed by atoms with Gasteiger partial charge in [0.2, 0.25) is 5.95 Å². The number of nitrogens with one attached hydrogen (secondary N) is 1. The summed E-state index contributed by atoms with van der Waals surface area (Å²) in [4.78, 5) is 27.7. The van der Waals surface area contributed by atoms with Gasteiger partial charge >= 0.3 is 5.97 Å². The number of benzene rings is 2. The van der Waals surface area contributed by atoms with Gasteiger partial charge < -0.3 is 15.3 Å². The fraction of sp³-hybridized carbons (Fsp3) is 0.185. The summed E-state index contributed by atoms with van der Waals surface area (Å²) in [5, 5.41) is 12.8. The van der Waals surface area contributed by atoms with Crippen molar-refractivity contribution in [3.63, 3.8) is 0 Å². The highest BCUT2D eigenvalue weighted by molar-refractivity contribution is 5.77. The number of carbonyl (C=O) groups is 1. The minimum absolute atomic E-state index is 0.297. The number of rotatable bonds is 7. The number of aliphatic carboxylic acids is 1. The fourth-order valence-electron chi connectivity index (χ4n) is 4.24. The first-order valence-electron chi connectivity index (χ1n) is 11.4. The maximum absolute atomic E-state index is 11.9. The molecule has 170 valence electrons. The van der Waals surface area contributed by atoms with E-state index in [2.05, 4.69) is 31.2 Å². The molecule has 0 bridgehead atoms. The molecule has 34 heavy (non-hydrogen) atoms. The molecule has 7 nitrogen and oxygen atoms in total. The highest BCUT2D eigenvalue weighted by atomic mass is 16.4. The van der Waals surface area contributed by atoms with Gasteiger partial charge in [0.25, 0.3) is 0 Å². The van der Waals surface area contributed by atoms with Crippen molar-refractivity contribution in [3.05, 3.63) is 96.3 Å². The minimum Gasteiger partial charge on any atom is -0.480 e. The molecule has 5 rings (SSSR count). The molecule has 0 saturated carbocycles. The van der Waals surface area contributed by atoms with Gasteiger partial charge in [0.05, 0.1) is 5.69 Å². The number of anilines is 3. The highest BCUT2D eigenvalue weighted by Gasteiger charge is 2.23. The van der Waals surface area contributed by atoms with E-state index in [4.69, 9.17) is 0 Å². The summed E-state index contributed by atoms with van der Waals surface area (Å²) < 4.78 is 0. The largest absolute Gasteiger partial charge is 0.480 e. The molecule has 0 unspecified atom stereocenters. The van der Waals surface area contributed by atoms with Gasteiger partial charge in [-0.05, 0) is 36.1 Å². The number of carboxylic acids is 1. The third-order valence-corrected chi connectivity index (χ3v) is 5.95. The first-order chi connectivity index (χ1) is 16.7. The summed E-state index contributed by atoms with van der Waals surface area (Å²) in [6.45, 7) is 0.814. The van der Waals surface area contributed by atoms with E-state index in [0.29, 0.717) is 12.4 Å². The predicted octanol–water partition coefficient (Wildman–Crippen LogP) is 4.73. The molecule has 3 heterocycles. The lowest BCUT2D eigenvalue weighted by Gasteiger charge is -2.30. The molecule has 2 N–H and O–H groups in total. The highest BCUT2D eigenvalue weighted by Crippen LogP contribution is 2.34. The molecule has 0 spiro atoms. The van der Waals surface area contributed by atoms with E-state index in [1.165, 1.54) is 5.56 Å². The van der Waals surface area contributed by atoms with E-state index >= 15 is 0 Å². The normalized spacial score (nSPS) is 13.7. The molecule has 0 amide bonds. The second-order valence-electron chi connectivity index (χ2n) is 8.28. The molecule has 1 aliphatic heterocycles. The lowest BCUT2D eigenvalue weighted by atomic mass is 10.0. The second kappa shape index (κ2) is 9.70. The number of aromatic nitrogens is 3. The Morgan fingerprint density at radius 3 is 2.56 bits per heavy atom. The van der Waals surface area contributed by atoms with E-state index < -0.39 is 12.0 Å². The van der Waals surface area contributed by atoms with Gasteiger partial charge in [-0.25, -0.2) is 9.78 Å². The molecule has 0 saturated heterocycles. The van der Waals surface area contributed by atoms with Crippen LogP contribution in [-0.2, 0) is 17.6 Å². The number of fused-ring (bicyclic) bond motifs is 1. The monoisotopic (exact) mass is 451 g/mol. The number of carboxylic acid groups (broad SMARTS) is 1. The Hall–Kier alpha value is -4.26. The minimum atomic E-state index is -0.945. The lowest BCUT2D eigenvalue weighted by molar-refractivity contribution is -0.137. The Bertz CT molecular complexity index is 1280. The van der Waals surface area contributed by atoms with Crippen molar-refractivity contribution in [3.8, 4) is 11.3 Å². The van der Waals surface area contributed by atoms with Crippen molar-refractivity contribution in [2.24, 2.45) is 0 Å². The number of hydrogen-bond donors (Lipinski definition) is 2. The van der Waals surface area contributed by atoms with Gasteiger partial charge in [-0.1, -0.05) is 60.7 Å². The maximum Gasteiger partial charge on any atom is 0.326 e. The molecule has 7 heteroatoms.